The molecule has 10 aromatic rings. The maximum Gasteiger partial charge on any atom is 0.261 e. The third kappa shape index (κ3) is 13.5. The van der Waals surface area contributed by atoms with Crippen molar-refractivity contribution in [3.05, 3.63) is 190 Å². The van der Waals surface area contributed by atoms with Crippen molar-refractivity contribution in [2.24, 2.45) is 23.7 Å². The van der Waals surface area contributed by atoms with Gasteiger partial charge in [0.05, 0.1) is 33.9 Å². The molecule has 0 aliphatic carbocycles. The summed E-state index contributed by atoms with van der Waals surface area (Å²) in [4.78, 5) is 96.0. The third-order valence-corrected chi connectivity index (χ3v) is 18.4. The van der Waals surface area contributed by atoms with Gasteiger partial charge in [0.25, 0.3) is 16.7 Å². The summed E-state index contributed by atoms with van der Waals surface area (Å²) in [6.45, 7) is 13.3. The Hall–Kier alpha value is -10.2. The lowest BCUT2D eigenvalue weighted by atomic mass is 9.96. The smallest absolute Gasteiger partial charge is 0.261 e. The molecule has 4 aromatic carbocycles. The summed E-state index contributed by atoms with van der Waals surface area (Å²) in [5.41, 5.74) is 2.93. The number of benzene rings is 4. The van der Waals surface area contributed by atoms with E-state index < -0.39 is 48.8 Å². The van der Waals surface area contributed by atoms with Crippen LogP contribution in [0.2, 0.25) is 0 Å². The van der Waals surface area contributed by atoms with Crippen molar-refractivity contribution in [2.75, 3.05) is 61.4 Å². The Labute approximate surface area is 559 Å². The molecule has 28 heteroatoms. The maximum absolute atomic E-state index is 13.5. The molecule has 12 atom stereocenters. The molecular formula is C70H77N11O17. The first-order valence-electron chi connectivity index (χ1n) is 31.8. The lowest BCUT2D eigenvalue weighted by Gasteiger charge is -2.28. The van der Waals surface area contributed by atoms with Crippen LogP contribution in [0.15, 0.2) is 154 Å². The molecule has 3 saturated heterocycles. The van der Waals surface area contributed by atoms with Crippen LogP contribution in [-0.2, 0) is 41.3 Å². The molecule has 6 aromatic heterocycles. The molecular weight excluding hydrogens is 1270 g/mol. The molecule has 28 nitrogen and oxygen atoms in total. The number of anilines is 5. The van der Waals surface area contributed by atoms with Gasteiger partial charge in [-0.1, -0.05) is 113 Å². The highest BCUT2D eigenvalue weighted by Gasteiger charge is 2.47. The molecule has 5 aliphatic rings. The van der Waals surface area contributed by atoms with E-state index in [4.69, 9.17) is 42.3 Å². The number of aromatic hydroxyl groups is 1. The summed E-state index contributed by atoms with van der Waals surface area (Å²) in [6, 6.07) is 33.9. The fourth-order valence-electron chi connectivity index (χ4n) is 12.8. The predicted molar refractivity (Wildman–Crippen MR) is 365 cm³/mol. The number of aryl methyl sites for hydroxylation is 1. The number of methoxy groups -OCH3 is 2. The minimum Gasteiger partial charge on any atom is -0.502 e. The first-order valence-corrected chi connectivity index (χ1v) is 31.8. The molecule has 11 heterocycles. The number of nitrogens with one attached hydrogen (secondary N) is 5. The number of rotatable bonds is 11. The number of aliphatic hydroxyl groups excluding tert-OH is 3. The van der Waals surface area contributed by atoms with Crippen LogP contribution in [0.25, 0.3) is 55.6 Å². The van der Waals surface area contributed by atoms with Gasteiger partial charge in [-0.15, -0.1) is 0 Å². The number of carbonyl (C=O) groups excluding carboxylic acids is 1. The Kier molecular flexibility index (Phi) is 20.9. The van der Waals surface area contributed by atoms with Crippen molar-refractivity contribution in [3.63, 3.8) is 0 Å². The Morgan fingerprint density at radius 2 is 1.10 bits per heavy atom. The number of hydrogen-bond donors (Lipinski definition) is 9. The third-order valence-electron chi connectivity index (χ3n) is 18.4. The second-order valence-corrected chi connectivity index (χ2v) is 24.3. The highest BCUT2D eigenvalue weighted by atomic mass is 16.6. The van der Waals surface area contributed by atoms with Gasteiger partial charge < -0.3 is 87.7 Å². The molecule has 0 spiro atoms. The van der Waals surface area contributed by atoms with Crippen molar-refractivity contribution < 1.29 is 57.7 Å². The summed E-state index contributed by atoms with van der Waals surface area (Å²) < 4.78 is 41.2. The van der Waals surface area contributed by atoms with E-state index in [0.717, 1.165) is 5.56 Å². The number of aromatic nitrogens is 7. The lowest BCUT2D eigenvalue weighted by Crippen LogP contribution is -2.38. The first kappa shape index (κ1) is 69.2. The van der Waals surface area contributed by atoms with E-state index >= 15 is 0 Å². The number of ether oxygens (including phenoxy) is 5. The summed E-state index contributed by atoms with van der Waals surface area (Å²) in [5.74, 6) is 2.76. The normalized spacial score (nSPS) is 23.6. The lowest BCUT2D eigenvalue weighted by molar-refractivity contribution is -0.105. The van der Waals surface area contributed by atoms with E-state index in [0.29, 0.717) is 111 Å². The topological polar surface area (TPSA) is 377 Å². The molecule has 3 fully saturated rings. The van der Waals surface area contributed by atoms with Crippen LogP contribution >= 0.6 is 0 Å². The molecule has 0 saturated carbocycles. The van der Waals surface area contributed by atoms with Gasteiger partial charge in [0, 0.05) is 75.4 Å². The zero-order valence-corrected chi connectivity index (χ0v) is 55.0. The number of para-hydroxylation sites is 2. The SMILES string of the molecule is C=O.CC1C(O)OC(N2CCc3c2nc(Nc2c(-c4ccccc4)oc4ccccc4c2=O)[nH]c3=O)C1C.CNc1nc2c(ccn2C2OC(COC)C(OC)C2O)c(=O)[nH]1.Cc1nc2c(c(=O)[nH]1)CCN2C1OC(O)C(C)C1C.O=c1c(O)c(-c2ccccc2)oc2ccccc12. The minimum absolute atomic E-state index is 0.0423. The van der Waals surface area contributed by atoms with Crippen LogP contribution in [0.5, 0.6) is 5.75 Å². The van der Waals surface area contributed by atoms with Crippen LogP contribution in [0, 0.1) is 30.6 Å². The second kappa shape index (κ2) is 29.7. The Bertz CT molecular complexity index is 4790. The Balaban J connectivity index is 0.000000137. The molecule has 5 aliphatic heterocycles. The molecule has 15 rings (SSSR count). The zero-order valence-electron chi connectivity index (χ0n) is 55.0. The second-order valence-electron chi connectivity index (χ2n) is 24.3. The van der Waals surface area contributed by atoms with Crippen LogP contribution in [-0.4, -0.2) is 146 Å². The highest BCUT2D eigenvalue weighted by molar-refractivity contribution is 5.87. The molecule has 12 unspecified atom stereocenters. The quantitative estimate of drug-likeness (QED) is 0.0654. The number of H-pyrrole nitrogens is 3. The largest absolute Gasteiger partial charge is 0.502 e. The van der Waals surface area contributed by atoms with E-state index in [1.54, 1.807) is 92.5 Å². The molecule has 0 radical (unpaired) electrons. The van der Waals surface area contributed by atoms with Crippen LogP contribution in [0.4, 0.5) is 29.2 Å². The highest BCUT2D eigenvalue weighted by Crippen LogP contribution is 2.41. The van der Waals surface area contributed by atoms with Crippen molar-refractivity contribution in [1.82, 2.24) is 34.5 Å². The van der Waals surface area contributed by atoms with Gasteiger partial charge in [-0.2, -0.15) is 9.97 Å². The summed E-state index contributed by atoms with van der Waals surface area (Å²) >= 11 is 0. The molecule has 98 heavy (non-hydrogen) atoms. The van der Waals surface area contributed by atoms with E-state index in [-0.39, 0.29) is 75.2 Å². The number of hydrogen-bond acceptors (Lipinski definition) is 24. The van der Waals surface area contributed by atoms with Gasteiger partial charge in [-0.25, -0.2) is 4.98 Å². The van der Waals surface area contributed by atoms with E-state index in [1.807, 2.05) is 92.0 Å². The number of carbonyl (C=O) groups is 1. The van der Waals surface area contributed by atoms with Gasteiger partial charge in [0.1, 0.15) is 71.9 Å². The minimum atomic E-state index is -0.908. The van der Waals surface area contributed by atoms with E-state index in [9.17, 15) is 44.4 Å². The molecule has 514 valence electrons. The van der Waals surface area contributed by atoms with E-state index in [2.05, 4.69) is 42.5 Å². The Morgan fingerprint density at radius 1 is 0.592 bits per heavy atom. The van der Waals surface area contributed by atoms with Crippen LogP contribution in [0.3, 0.4) is 0 Å². The fraction of sp³-hybridized carbons (Fsp3) is 0.357. The Morgan fingerprint density at radius 3 is 1.64 bits per heavy atom. The zero-order chi connectivity index (χ0) is 69.8. The standard InChI is InChI=1S/C27H26N4O5.C15H10O3.C14H20N4O5.C13H19N3O3.CH2O/c1-14-15(2)26(34)36-25(14)31-13-12-18-23(31)29-27(30-24(18)33)28-20-21(32)17-10-6-7-11-19(17)35-22(20)16-8-4-3-5-9-16;16-13-11-8-4-5-9-12(11)18-15(14(13)17)10-6-2-1-3-7-10;1-15-14-16-11-7(12(20)17-14)4-5-18(11)13-9(19)10(22-3)8(23-13)6-21-2;1-6-7(2)13(18)19-12(6)16-5-4-9-10(16)14-8(3)15-11(9)17;1-2/h3-11,14-15,25-26,34H,12-13H2,1-2H3,(H2,28,29,30,33);1-9,17H;4-5,8-10,13,19H,6H2,1-3H3,(H2,15,16,17,20);6-7,12-13,18H,4-5H2,1-3H3,(H,14,15,17);1H2. The first-order chi connectivity index (χ1) is 47.3. The number of fused-ring (bicyclic) bond motifs is 5. The molecule has 0 bridgehead atoms. The van der Waals surface area contributed by atoms with Gasteiger partial charge in [-0.3, -0.25) is 33.9 Å². The average molecular weight is 1340 g/mol. The monoisotopic (exact) mass is 1340 g/mol. The fourth-order valence-corrected chi connectivity index (χ4v) is 12.8. The van der Waals surface area contributed by atoms with Gasteiger partial charge in [0.2, 0.25) is 28.5 Å². The number of aliphatic hydroxyl groups is 3. The average Bonchev–Trinajstić information content (AvgIpc) is 1.67. The van der Waals surface area contributed by atoms with Crippen LogP contribution in [0.1, 0.15) is 50.9 Å². The predicted octanol–water partition coefficient (Wildman–Crippen LogP) is 6.65. The van der Waals surface area contributed by atoms with Crippen molar-refractivity contribution in [1.29, 1.82) is 0 Å². The van der Waals surface area contributed by atoms with Gasteiger partial charge >= 0.3 is 0 Å². The summed E-state index contributed by atoms with van der Waals surface area (Å²) in [5, 5.41) is 47.6. The van der Waals surface area contributed by atoms with Crippen molar-refractivity contribution >= 4 is 69.0 Å². The van der Waals surface area contributed by atoms with Gasteiger partial charge in [-0.05, 0) is 50.1 Å². The maximum atomic E-state index is 13.5. The summed E-state index contributed by atoms with van der Waals surface area (Å²) in [7, 11) is 4.73. The molecule has 9 N–H and O–H groups in total. The number of aromatic amines is 3. The van der Waals surface area contributed by atoms with E-state index in [1.165, 1.54) is 7.11 Å². The van der Waals surface area contributed by atoms with Crippen molar-refractivity contribution in [2.45, 2.75) is 97.0 Å². The van der Waals surface area contributed by atoms with Crippen LogP contribution < -0.4 is 48.0 Å². The summed E-state index contributed by atoms with van der Waals surface area (Å²) in [6.07, 6.45) is -1.91. The van der Waals surface area contributed by atoms with Crippen molar-refractivity contribution in [3.8, 4) is 28.4 Å². The van der Waals surface area contributed by atoms with Gasteiger partial charge in [0.15, 0.2) is 36.0 Å². The molecule has 0 amide bonds. The number of nitrogens with zero attached hydrogens (tertiary/aromatic N) is 6.